The summed E-state index contributed by atoms with van der Waals surface area (Å²) in [6, 6.07) is 7.13. The van der Waals surface area contributed by atoms with E-state index in [1.807, 2.05) is 26.8 Å². The van der Waals surface area contributed by atoms with E-state index in [2.05, 4.69) is 10.3 Å². The third-order valence-electron chi connectivity index (χ3n) is 3.14. The number of benzene rings is 1. The van der Waals surface area contributed by atoms with Crippen molar-refractivity contribution in [1.82, 2.24) is 4.98 Å². The molecule has 2 aromatic rings. The number of aryl methyl sites for hydroxylation is 3. The van der Waals surface area contributed by atoms with Crippen molar-refractivity contribution >= 4 is 40.9 Å². The lowest BCUT2D eigenvalue weighted by molar-refractivity contribution is -0.111. The maximum atomic E-state index is 12.0. The number of amides is 1. The van der Waals surface area contributed by atoms with Gasteiger partial charge in [0.15, 0.2) is 0 Å². The second-order valence-electron chi connectivity index (χ2n) is 5.04. The molecule has 1 aromatic heterocycles. The maximum Gasteiger partial charge on any atom is 0.248 e. The molecule has 0 aliphatic heterocycles. The molecule has 0 atom stereocenters. The zero-order chi connectivity index (χ0) is 16.3. The highest BCUT2D eigenvalue weighted by atomic mass is 35.5. The van der Waals surface area contributed by atoms with E-state index in [0.717, 1.165) is 28.2 Å². The lowest BCUT2D eigenvalue weighted by atomic mass is 10.1. The molecule has 1 aromatic carbocycles. The fourth-order valence-electron chi connectivity index (χ4n) is 2.17. The number of anilines is 1. The van der Waals surface area contributed by atoms with E-state index in [1.165, 1.54) is 6.08 Å². The summed E-state index contributed by atoms with van der Waals surface area (Å²) in [5.74, 6) is -0.220. The molecule has 5 heteroatoms. The summed E-state index contributed by atoms with van der Waals surface area (Å²) >= 11 is 11.8. The van der Waals surface area contributed by atoms with Gasteiger partial charge in [0.1, 0.15) is 0 Å². The monoisotopic (exact) mass is 334 g/mol. The van der Waals surface area contributed by atoms with Gasteiger partial charge in [0.2, 0.25) is 5.91 Å². The second-order valence-corrected chi connectivity index (χ2v) is 5.85. The Kier molecular flexibility index (Phi) is 5.22. The first-order valence-corrected chi connectivity index (χ1v) is 7.51. The first kappa shape index (κ1) is 16.5. The molecule has 0 radical (unpaired) electrons. The first-order chi connectivity index (χ1) is 10.4. The van der Waals surface area contributed by atoms with E-state index in [0.29, 0.717) is 10.0 Å². The molecule has 0 saturated carbocycles. The van der Waals surface area contributed by atoms with Crippen molar-refractivity contribution in [3.63, 3.8) is 0 Å². The Balaban J connectivity index is 2.13. The van der Waals surface area contributed by atoms with E-state index in [9.17, 15) is 4.79 Å². The third kappa shape index (κ3) is 4.09. The van der Waals surface area contributed by atoms with E-state index in [1.54, 1.807) is 24.3 Å². The van der Waals surface area contributed by atoms with Gasteiger partial charge in [-0.15, -0.1) is 0 Å². The summed E-state index contributed by atoms with van der Waals surface area (Å²) in [5, 5.41) is 3.80. The number of hydrogen-bond acceptors (Lipinski definition) is 2. The Morgan fingerprint density at radius 2 is 1.86 bits per heavy atom. The number of pyridine rings is 1. The van der Waals surface area contributed by atoms with Gasteiger partial charge in [-0.1, -0.05) is 29.3 Å². The molecule has 0 unspecified atom stereocenters. The minimum atomic E-state index is -0.220. The summed E-state index contributed by atoms with van der Waals surface area (Å²) in [4.78, 5) is 16.4. The molecule has 1 amide bonds. The number of hydrogen-bond donors (Lipinski definition) is 1. The average Bonchev–Trinajstić information content (AvgIpc) is 2.44. The predicted octanol–water partition coefficient (Wildman–Crippen LogP) is 4.97. The number of carbonyl (C=O) groups excluding carboxylic acids is 1. The van der Waals surface area contributed by atoms with Crippen LogP contribution in [0.2, 0.25) is 10.0 Å². The molecule has 0 bridgehead atoms. The van der Waals surface area contributed by atoms with Crippen molar-refractivity contribution in [2.24, 2.45) is 0 Å². The standard InChI is InChI=1S/C17H16Cl2N2O/c1-10-8-11(2)20-12(3)17(10)21-16(22)7-5-13-4-6-14(18)15(19)9-13/h4-9H,1-3H3,(H,21,22)/b7-5+. The van der Waals surface area contributed by atoms with Crippen LogP contribution in [0, 0.1) is 20.8 Å². The van der Waals surface area contributed by atoms with E-state index < -0.39 is 0 Å². The van der Waals surface area contributed by atoms with E-state index >= 15 is 0 Å². The molecule has 3 nitrogen and oxygen atoms in total. The van der Waals surface area contributed by atoms with Crippen LogP contribution in [0.25, 0.3) is 6.08 Å². The van der Waals surface area contributed by atoms with Gasteiger partial charge < -0.3 is 5.32 Å². The Bertz CT molecular complexity index is 731. The van der Waals surface area contributed by atoms with Gasteiger partial charge in [-0.25, -0.2) is 0 Å². The molecule has 114 valence electrons. The van der Waals surface area contributed by atoms with Gasteiger partial charge in [-0.05, 0) is 56.2 Å². The minimum absolute atomic E-state index is 0.220. The number of nitrogens with one attached hydrogen (secondary N) is 1. The molecule has 1 N–H and O–H groups in total. The molecular weight excluding hydrogens is 319 g/mol. The summed E-state index contributed by atoms with van der Waals surface area (Å²) in [7, 11) is 0. The van der Waals surface area contributed by atoms with Crippen LogP contribution in [-0.2, 0) is 4.79 Å². The third-order valence-corrected chi connectivity index (χ3v) is 3.88. The van der Waals surface area contributed by atoms with Crippen molar-refractivity contribution in [2.45, 2.75) is 20.8 Å². The van der Waals surface area contributed by atoms with Crippen LogP contribution in [0.4, 0.5) is 5.69 Å². The highest BCUT2D eigenvalue weighted by Crippen LogP contribution is 2.23. The van der Waals surface area contributed by atoms with Crippen molar-refractivity contribution in [1.29, 1.82) is 0 Å². The minimum Gasteiger partial charge on any atom is -0.321 e. The number of rotatable bonds is 3. The first-order valence-electron chi connectivity index (χ1n) is 6.76. The topological polar surface area (TPSA) is 42.0 Å². The van der Waals surface area contributed by atoms with Gasteiger partial charge >= 0.3 is 0 Å². The van der Waals surface area contributed by atoms with Crippen molar-refractivity contribution in [3.8, 4) is 0 Å². The normalized spacial score (nSPS) is 11.0. The van der Waals surface area contributed by atoms with Crippen LogP contribution in [0.3, 0.4) is 0 Å². The molecule has 0 aliphatic rings. The summed E-state index contributed by atoms with van der Waals surface area (Å²) < 4.78 is 0. The molecule has 0 spiro atoms. The van der Waals surface area contributed by atoms with Gasteiger partial charge in [-0.2, -0.15) is 0 Å². The molecular formula is C17H16Cl2N2O. The van der Waals surface area contributed by atoms with E-state index in [-0.39, 0.29) is 5.91 Å². The fourth-order valence-corrected chi connectivity index (χ4v) is 2.47. The summed E-state index contributed by atoms with van der Waals surface area (Å²) in [6.45, 7) is 5.74. The van der Waals surface area contributed by atoms with Crippen LogP contribution in [0.5, 0.6) is 0 Å². The Morgan fingerprint density at radius 1 is 1.14 bits per heavy atom. The number of halogens is 2. The molecule has 0 fully saturated rings. The largest absolute Gasteiger partial charge is 0.321 e. The van der Waals surface area contributed by atoms with Gasteiger partial charge in [0.05, 0.1) is 21.4 Å². The molecule has 0 saturated heterocycles. The number of carbonyl (C=O) groups is 1. The highest BCUT2D eigenvalue weighted by molar-refractivity contribution is 6.42. The fraction of sp³-hybridized carbons (Fsp3) is 0.176. The van der Waals surface area contributed by atoms with Crippen LogP contribution in [0.15, 0.2) is 30.3 Å². The number of nitrogens with zero attached hydrogens (tertiary/aromatic N) is 1. The molecule has 0 aliphatic carbocycles. The van der Waals surface area contributed by atoms with Crippen LogP contribution >= 0.6 is 23.2 Å². The Labute approximate surface area is 140 Å². The van der Waals surface area contributed by atoms with E-state index in [4.69, 9.17) is 23.2 Å². The van der Waals surface area contributed by atoms with Gasteiger partial charge in [0, 0.05) is 11.8 Å². The maximum absolute atomic E-state index is 12.0. The molecule has 2 rings (SSSR count). The second kappa shape index (κ2) is 6.95. The Hall–Kier alpha value is -1.84. The van der Waals surface area contributed by atoms with Crippen molar-refractivity contribution in [2.75, 3.05) is 5.32 Å². The van der Waals surface area contributed by atoms with Crippen LogP contribution < -0.4 is 5.32 Å². The van der Waals surface area contributed by atoms with Crippen LogP contribution in [0.1, 0.15) is 22.5 Å². The van der Waals surface area contributed by atoms with Gasteiger partial charge in [-0.3, -0.25) is 9.78 Å². The smallest absolute Gasteiger partial charge is 0.248 e. The summed E-state index contributed by atoms with van der Waals surface area (Å²) in [5.41, 5.74) is 4.27. The average molecular weight is 335 g/mol. The lowest BCUT2D eigenvalue weighted by Crippen LogP contribution is -2.11. The summed E-state index contributed by atoms with van der Waals surface area (Å²) in [6.07, 6.45) is 3.14. The SMILES string of the molecule is Cc1cc(C)c(NC(=O)/C=C/c2ccc(Cl)c(Cl)c2)c(C)n1. The van der Waals surface area contributed by atoms with Crippen LogP contribution in [-0.4, -0.2) is 10.9 Å². The zero-order valence-corrected chi connectivity index (χ0v) is 14.1. The number of aromatic nitrogens is 1. The molecule has 22 heavy (non-hydrogen) atoms. The van der Waals surface area contributed by atoms with Crippen molar-refractivity contribution < 1.29 is 4.79 Å². The predicted molar refractivity (Wildman–Crippen MR) is 92.6 cm³/mol. The van der Waals surface area contributed by atoms with Crippen molar-refractivity contribution in [3.05, 3.63) is 62.9 Å². The quantitative estimate of drug-likeness (QED) is 0.805. The highest BCUT2D eigenvalue weighted by Gasteiger charge is 2.07. The molecule has 1 heterocycles. The Morgan fingerprint density at radius 3 is 2.50 bits per heavy atom. The van der Waals surface area contributed by atoms with Gasteiger partial charge in [0.25, 0.3) is 0 Å². The lowest BCUT2D eigenvalue weighted by Gasteiger charge is -2.10. The zero-order valence-electron chi connectivity index (χ0n) is 12.6.